The van der Waals surface area contributed by atoms with Crippen molar-refractivity contribution in [2.75, 3.05) is 11.9 Å². The monoisotopic (exact) mass is 350 g/mol. The molecule has 0 aliphatic heterocycles. The molecule has 3 nitrogen and oxygen atoms in total. The third-order valence-electron chi connectivity index (χ3n) is 2.92. The predicted octanol–water partition coefficient (Wildman–Crippen LogP) is 3.44. The van der Waals surface area contributed by atoms with Gasteiger partial charge >= 0.3 is 0 Å². The number of anilines is 1. The molecule has 0 bridgehead atoms. The van der Waals surface area contributed by atoms with Crippen molar-refractivity contribution in [3.8, 4) is 5.75 Å². The summed E-state index contributed by atoms with van der Waals surface area (Å²) in [6.45, 7) is 0.801. The molecule has 0 radical (unpaired) electrons. The van der Waals surface area contributed by atoms with E-state index in [1.807, 2.05) is 30.3 Å². The molecule has 2 aromatic carbocycles. The lowest BCUT2D eigenvalue weighted by Gasteiger charge is -2.10. The minimum absolute atomic E-state index is 0.290. The number of nitrogens with two attached hydrogens (primary N) is 1. The van der Waals surface area contributed by atoms with Gasteiger partial charge in [-0.3, -0.25) is 0 Å². The highest BCUT2D eigenvalue weighted by atomic mass is 79.9. The summed E-state index contributed by atoms with van der Waals surface area (Å²) in [7, 11) is 0. The van der Waals surface area contributed by atoms with Gasteiger partial charge in [0, 0.05) is 22.3 Å². The minimum Gasteiger partial charge on any atom is -0.508 e. The third kappa shape index (κ3) is 3.95. The van der Waals surface area contributed by atoms with Crippen LogP contribution in [0.4, 0.5) is 5.69 Å². The fourth-order valence-corrected chi connectivity index (χ4v) is 2.46. The summed E-state index contributed by atoms with van der Waals surface area (Å²) >= 11 is 8.44. The van der Waals surface area contributed by atoms with Gasteiger partial charge in [-0.25, -0.2) is 0 Å². The van der Waals surface area contributed by atoms with Crippen molar-refractivity contribution in [1.82, 2.24) is 0 Å². The fourth-order valence-electron chi connectivity index (χ4n) is 1.82. The number of rotatable bonds is 5. The summed E-state index contributed by atoms with van der Waals surface area (Å²) < 4.78 is 0.938. The van der Waals surface area contributed by atoms with Crippen LogP contribution in [0.1, 0.15) is 11.1 Å². The standard InChI is InChI=1S/C15H15BrN2OS/c16-13-9-11(15(17)20)3-6-14(13)18-8-7-10-1-4-12(19)5-2-10/h1-6,9,18-19H,7-8H2,(H2,17,20). The van der Waals surface area contributed by atoms with Crippen molar-refractivity contribution in [2.24, 2.45) is 5.73 Å². The van der Waals surface area contributed by atoms with Gasteiger partial charge in [-0.1, -0.05) is 24.4 Å². The van der Waals surface area contributed by atoms with Crippen LogP contribution >= 0.6 is 28.1 Å². The molecule has 5 heteroatoms. The Balaban J connectivity index is 1.94. The van der Waals surface area contributed by atoms with E-state index in [-0.39, 0.29) is 5.75 Å². The van der Waals surface area contributed by atoms with Gasteiger partial charge in [-0.2, -0.15) is 0 Å². The Morgan fingerprint density at radius 2 is 1.90 bits per heavy atom. The lowest BCUT2D eigenvalue weighted by atomic mass is 10.1. The van der Waals surface area contributed by atoms with Crippen LogP contribution < -0.4 is 11.1 Å². The molecule has 0 saturated carbocycles. The zero-order valence-corrected chi connectivity index (χ0v) is 13.2. The van der Waals surface area contributed by atoms with Crippen LogP contribution in [0, 0.1) is 0 Å². The number of hydrogen-bond acceptors (Lipinski definition) is 3. The van der Waals surface area contributed by atoms with Gasteiger partial charge in [0.05, 0.1) is 0 Å². The van der Waals surface area contributed by atoms with Crippen molar-refractivity contribution >= 4 is 38.8 Å². The maximum Gasteiger partial charge on any atom is 0.115 e. The normalized spacial score (nSPS) is 10.2. The summed E-state index contributed by atoms with van der Waals surface area (Å²) in [5, 5.41) is 12.6. The van der Waals surface area contributed by atoms with E-state index in [9.17, 15) is 5.11 Å². The zero-order chi connectivity index (χ0) is 14.5. The van der Waals surface area contributed by atoms with Crippen LogP contribution in [0.3, 0.4) is 0 Å². The summed E-state index contributed by atoms with van der Waals surface area (Å²) in [4.78, 5) is 0.390. The third-order valence-corrected chi connectivity index (χ3v) is 3.81. The largest absolute Gasteiger partial charge is 0.508 e. The lowest BCUT2D eigenvalue weighted by molar-refractivity contribution is 0.475. The Morgan fingerprint density at radius 1 is 1.20 bits per heavy atom. The molecule has 0 unspecified atom stereocenters. The van der Waals surface area contributed by atoms with Gasteiger partial charge in [-0.05, 0) is 58.2 Å². The van der Waals surface area contributed by atoms with E-state index in [1.165, 1.54) is 5.56 Å². The number of phenolic OH excluding ortho intramolecular Hbond substituents is 1. The number of phenols is 1. The number of aromatic hydroxyl groups is 1. The van der Waals surface area contributed by atoms with Crippen LogP contribution in [0.15, 0.2) is 46.9 Å². The number of nitrogens with one attached hydrogen (secondary N) is 1. The Bertz CT molecular complexity index is 614. The first-order valence-corrected chi connectivity index (χ1v) is 7.37. The van der Waals surface area contributed by atoms with E-state index in [0.717, 1.165) is 28.7 Å². The van der Waals surface area contributed by atoms with Crippen molar-refractivity contribution in [3.05, 3.63) is 58.1 Å². The Kier molecular flexibility index (Phi) is 4.98. The average molecular weight is 351 g/mol. The highest BCUT2D eigenvalue weighted by molar-refractivity contribution is 9.10. The molecule has 0 aliphatic carbocycles. The maximum atomic E-state index is 9.22. The Morgan fingerprint density at radius 3 is 2.50 bits per heavy atom. The molecule has 0 amide bonds. The minimum atomic E-state index is 0.290. The number of halogens is 1. The van der Waals surface area contributed by atoms with Gasteiger partial charge in [-0.15, -0.1) is 0 Å². The van der Waals surface area contributed by atoms with E-state index < -0.39 is 0 Å². The molecular weight excluding hydrogens is 336 g/mol. The highest BCUT2D eigenvalue weighted by Crippen LogP contribution is 2.23. The molecule has 2 aromatic rings. The van der Waals surface area contributed by atoms with Gasteiger partial charge in [0.1, 0.15) is 10.7 Å². The van der Waals surface area contributed by atoms with Crippen LogP contribution in [-0.2, 0) is 6.42 Å². The molecule has 0 aromatic heterocycles. The summed E-state index contributed by atoms with van der Waals surface area (Å²) in [5.74, 6) is 0.290. The molecule has 0 heterocycles. The molecule has 0 aliphatic rings. The first kappa shape index (κ1) is 14.8. The Labute approximate surface area is 131 Å². The first-order chi connectivity index (χ1) is 9.56. The van der Waals surface area contributed by atoms with Gasteiger partial charge in [0.15, 0.2) is 0 Å². The average Bonchev–Trinajstić information content (AvgIpc) is 2.42. The number of benzene rings is 2. The molecule has 0 atom stereocenters. The second-order valence-electron chi connectivity index (χ2n) is 4.40. The van der Waals surface area contributed by atoms with E-state index >= 15 is 0 Å². The number of thiocarbonyl (C=S) groups is 1. The topological polar surface area (TPSA) is 58.3 Å². The SMILES string of the molecule is NC(=S)c1ccc(NCCc2ccc(O)cc2)c(Br)c1. The molecule has 4 N–H and O–H groups in total. The number of hydrogen-bond donors (Lipinski definition) is 3. The van der Waals surface area contributed by atoms with Crippen molar-refractivity contribution in [2.45, 2.75) is 6.42 Å². The Hall–Kier alpha value is -1.59. The van der Waals surface area contributed by atoms with Crippen molar-refractivity contribution in [3.63, 3.8) is 0 Å². The van der Waals surface area contributed by atoms with E-state index in [0.29, 0.717) is 4.99 Å². The van der Waals surface area contributed by atoms with Crippen LogP contribution in [0.25, 0.3) is 0 Å². The second kappa shape index (κ2) is 6.72. The second-order valence-corrected chi connectivity index (χ2v) is 5.70. The van der Waals surface area contributed by atoms with Crippen molar-refractivity contribution in [1.29, 1.82) is 0 Å². The molecule has 20 heavy (non-hydrogen) atoms. The molecular formula is C15H15BrN2OS. The van der Waals surface area contributed by atoms with Gasteiger partial charge in [0.25, 0.3) is 0 Å². The van der Waals surface area contributed by atoms with E-state index in [4.69, 9.17) is 18.0 Å². The first-order valence-electron chi connectivity index (χ1n) is 6.17. The fraction of sp³-hybridized carbons (Fsp3) is 0.133. The molecule has 104 valence electrons. The van der Waals surface area contributed by atoms with Crippen LogP contribution in [0.2, 0.25) is 0 Å². The lowest BCUT2D eigenvalue weighted by Crippen LogP contribution is -2.10. The smallest absolute Gasteiger partial charge is 0.115 e. The zero-order valence-electron chi connectivity index (χ0n) is 10.8. The quantitative estimate of drug-likeness (QED) is 0.723. The molecule has 0 saturated heterocycles. The maximum absolute atomic E-state index is 9.22. The van der Waals surface area contributed by atoms with Crippen molar-refractivity contribution < 1.29 is 5.11 Å². The van der Waals surface area contributed by atoms with E-state index in [1.54, 1.807) is 12.1 Å². The molecule has 2 rings (SSSR count). The molecule has 0 spiro atoms. The van der Waals surface area contributed by atoms with Crippen LogP contribution in [0.5, 0.6) is 5.75 Å². The van der Waals surface area contributed by atoms with Gasteiger partial charge in [0.2, 0.25) is 0 Å². The predicted molar refractivity (Wildman–Crippen MR) is 90.3 cm³/mol. The van der Waals surface area contributed by atoms with Crippen LogP contribution in [-0.4, -0.2) is 16.6 Å². The van der Waals surface area contributed by atoms with Gasteiger partial charge < -0.3 is 16.2 Å². The molecule has 0 fully saturated rings. The van der Waals surface area contributed by atoms with E-state index in [2.05, 4.69) is 21.2 Å². The highest BCUT2D eigenvalue weighted by Gasteiger charge is 2.03. The summed E-state index contributed by atoms with van der Waals surface area (Å²) in [6, 6.07) is 13.0. The summed E-state index contributed by atoms with van der Waals surface area (Å²) in [6.07, 6.45) is 0.879. The summed E-state index contributed by atoms with van der Waals surface area (Å²) in [5.41, 5.74) is 8.61.